The monoisotopic (exact) mass is 219 g/mol. The van der Waals surface area contributed by atoms with Gasteiger partial charge in [0.1, 0.15) is 6.04 Å². The van der Waals surface area contributed by atoms with Crippen LogP contribution in [-0.2, 0) is 0 Å². The van der Waals surface area contributed by atoms with Crippen LogP contribution in [0.25, 0.3) is 0 Å². The highest BCUT2D eigenvalue weighted by atomic mass is 15.3. The molecule has 88 valence electrons. The normalized spacial score (nSPS) is 29.9. The number of hydrogen-bond donors (Lipinski definition) is 0. The predicted octanol–water partition coefficient (Wildman–Crippen LogP) is 1.48. The van der Waals surface area contributed by atoms with E-state index < -0.39 is 0 Å². The predicted molar refractivity (Wildman–Crippen MR) is 65.0 cm³/mol. The van der Waals surface area contributed by atoms with E-state index in [1.807, 2.05) is 0 Å². The zero-order valence-corrected chi connectivity index (χ0v) is 10.1. The second kappa shape index (κ2) is 5.47. The Morgan fingerprint density at radius 3 is 2.56 bits per heavy atom. The van der Waals surface area contributed by atoms with Crippen molar-refractivity contribution in [1.82, 2.24) is 9.80 Å². The molecule has 2 rings (SSSR count). The molecule has 0 spiro atoms. The first-order valence-corrected chi connectivity index (χ1v) is 6.28. The summed E-state index contributed by atoms with van der Waals surface area (Å²) >= 11 is 0. The molecule has 2 atom stereocenters. The van der Waals surface area contributed by atoms with Crippen molar-refractivity contribution in [3.05, 3.63) is 12.2 Å². The molecule has 3 heteroatoms. The van der Waals surface area contributed by atoms with Gasteiger partial charge in [-0.2, -0.15) is 5.26 Å². The Morgan fingerprint density at radius 1 is 1.25 bits per heavy atom. The zero-order valence-electron chi connectivity index (χ0n) is 10.1. The molecule has 0 amide bonds. The maximum absolute atomic E-state index is 9.37. The van der Waals surface area contributed by atoms with Crippen LogP contribution >= 0.6 is 0 Å². The summed E-state index contributed by atoms with van der Waals surface area (Å²) in [6, 6.07) is 2.67. The van der Waals surface area contributed by atoms with Crippen LogP contribution in [0.15, 0.2) is 12.2 Å². The standard InChI is InChI=1S/C13H21N3/c1-15-7-9-16(10-8-15)13(11-14)12-5-3-2-4-6-12/h2-3,12-13H,4-10H2,1H3. The molecule has 0 aromatic carbocycles. The number of hydrogen-bond acceptors (Lipinski definition) is 3. The van der Waals surface area contributed by atoms with Crippen LogP contribution in [0.2, 0.25) is 0 Å². The van der Waals surface area contributed by atoms with Crippen LogP contribution in [0, 0.1) is 17.2 Å². The van der Waals surface area contributed by atoms with Gasteiger partial charge in [-0.1, -0.05) is 12.2 Å². The fraction of sp³-hybridized carbons (Fsp3) is 0.769. The second-order valence-corrected chi connectivity index (χ2v) is 4.96. The largest absolute Gasteiger partial charge is 0.304 e. The second-order valence-electron chi connectivity index (χ2n) is 4.96. The highest BCUT2D eigenvalue weighted by molar-refractivity contribution is 5.03. The molecule has 0 radical (unpaired) electrons. The third kappa shape index (κ3) is 2.63. The van der Waals surface area contributed by atoms with Gasteiger partial charge in [0.15, 0.2) is 0 Å². The smallest absolute Gasteiger partial charge is 0.101 e. The molecular weight excluding hydrogens is 198 g/mol. The highest BCUT2D eigenvalue weighted by Crippen LogP contribution is 2.25. The molecule has 0 saturated carbocycles. The molecule has 0 aromatic rings. The number of piperazine rings is 1. The zero-order chi connectivity index (χ0) is 11.4. The minimum Gasteiger partial charge on any atom is -0.304 e. The molecule has 1 fully saturated rings. The van der Waals surface area contributed by atoms with Gasteiger partial charge in [0, 0.05) is 26.2 Å². The molecule has 2 aliphatic rings. The van der Waals surface area contributed by atoms with Gasteiger partial charge in [-0.3, -0.25) is 4.90 Å². The average Bonchev–Trinajstić information content (AvgIpc) is 2.34. The SMILES string of the molecule is CN1CCN(C(C#N)C2CC=CCC2)CC1. The van der Waals surface area contributed by atoms with Crippen molar-refractivity contribution in [2.45, 2.75) is 25.3 Å². The molecule has 2 unspecified atom stereocenters. The first-order chi connectivity index (χ1) is 7.81. The van der Waals surface area contributed by atoms with Crippen molar-refractivity contribution in [1.29, 1.82) is 5.26 Å². The quantitative estimate of drug-likeness (QED) is 0.659. The van der Waals surface area contributed by atoms with E-state index in [0.717, 1.165) is 39.0 Å². The van der Waals surface area contributed by atoms with E-state index in [0.29, 0.717) is 5.92 Å². The third-order valence-electron chi connectivity index (χ3n) is 3.82. The highest BCUT2D eigenvalue weighted by Gasteiger charge is 2.29. The minimum atomic E-state index is 0.138. The van der Waals surface area contributed by atoms with E-state index in [2.05, 4.69) is 35.1 Å². The van der Waals surface area contributed by atoms with E-state index >= 15 is 0 Å². The summed E-state index contributed by atoms with van der Waals surface area (Å²) < 4.78 is 0. The lowest BCUT2D eigenvalue weighted by Gasteiger charge is -2.38. The van der Waals surface area contributed by atoms with E-state index in [1.165, 1.54) is 6.42 Å². The Labute approximate surface area is 98.3 Å². The number of nitriles is 1. The Bertz CT molecular complexity index is 284. The molecule has 1 aliphatic heterocycles. The van der Waals surface area contributed by atoms with E-state index in [-0.39, 0.29) is 6.04 Å². The fourth-order valence-electron chi connectivity index (χ4n) is 2.69. The van der Waals surface area contributed by atoms with Crippen LogP contribution in [-0.4, -0.2) is 49.1 Å². The maximum Gasteiger partial charge on any atom is 0.101 e. The molecule has 1 heterocycles. The summed E-state index contributed by atoms with van der Waals surface area (Å²) in [6.45, 7) is 4.30. The number of nitrogens with zero attached hydrogens (tertiary/aromatic N) is 3. The van der Waals surface area contributed by atoms with Crippen LogP contribution in [0.4, 0.5) is 0 Å². The fourth-order valence-corrected chi connectivity index (χ4v) is 2.69. The van der Waals surface area contributed by atoms with Gasteiger partial charge in [-0.05, 0) is 32.2 Å². The van der Waals surface area contributed by atoms with Crippen LogP contribution in [0.3, 0.4) is 0 Å². The third-order valence-corrected chi connectivity index (χ3v) is 3.82. The van der Waals surface area contributed by atoms with E-state index in [1.54, 1.807) is 0 Å². The summed E-state index contributed by atoms with van der Waals surface area (Å²) in [5, 5.41) is 9.37. The molecular formula is C13H21N3. The number of rotatable bonds is 2. The van der Waals surface area contributed by atoms with E-state index in [4.69, 9.17) is 0 Å². The molecule has 3 nitrogen and oxygen atoms in total. The Morgan fingerprint density at radius 2 is 2.00 bits per heavy atom. The molecule has 16 heavy (non-hydrogen) atoms. The van der Waals surface area contributed by atoms with Crippen molar-refractivity contribution in [2.24, 2.45) is 5.92 Å². The number of allylic oxidation sites excluding steroid dienone is 2. The van der Waals surface area contributed by atoms with Gasteiger partial charge in [-0.25, -0.2) is 0 Å². The maximum atomic E-state index is 9.37. The average molecular weight is 219 g/mol. The Kier molecular flexibility index (Phi) is 3.98. The summed E-state index contributed by atoms with van der Waals surface area (Å²) in [7, 11) is 2.15. The van der Waals surface area contributed by atoms with Gasteiger partial charge in [-0.15, -0.1) is 0 Å². The summed E-state index contributed by atoms with van der Waals surface area (Å²) in [5.41, 5.74) is 0. The first-order valence-electron chi connectivity index (χ1n) is 6.28. The van der Waals surface area contributed by atoms with Crippen molar-refractivity contribution in [2.75, 3.05) is 33.2 Å². The molecule has 1 aliphatic carbocycles. The lowest BCUT2D eigenvalue weighted by Crippen LogP contribution is -2.50. The molecule has 0 aromatic heterocycles. The minimum absolute atomic E-state index is 0.138. The van der Waals surface area contributed by atoms with Crippen LogP contribution in [0.1, 0.15) is 19.3 Å². The Hall–Kier alpha value is -0.850. The topological polar surface area (TPSA) is 30.3 Å². The van der Waals surface area contributed by atoms with Gasteiger partial charge in [0.25, 0.3) is 0 Å². The van der Waals surface area contributed by atoms with Gasteiger partial charge < -0.3 is 4.90 Å². The van der Waals surface area contributed by atoms with Gasteiger partial charge in [0.05, 0.1) is 6.07 Å². The lowest BCUT2D eigenvalue weighted by atomic mass is 9.87. The molecule has 1 saturated heterocycles. The van der Waals surface area contributed by atoms with Crippen LogP contribution < -0.4 is 0 Å². The van der Waals surface area contributed by atoms with Crippen molar-refractivity contribution < 1.29 is 0 Å². The van der Waals surface area contributed by atoms with Gasteiger partial charge in [0.2, 0.25) is 0 Å². The molecule has 0 bridgehead atoms. The first kappa shape index (κ1) is 11.6. The molecule has 0 N–H and O–H groups in total. The van der Waals surface area contributed by atoms with Gasteiger partial charge >= 0.3 is 0 Å². The van der Waals surface area contributed by atoms with Crippen molar-refractivity contribution in [3.63, 3.8) is 0 Å². The summed E-state index contributed by atoms with van der Waals surface area (Å²) in [4.78, 5) is 4.72. The summed E-state index contributed by atoms with van der Waals surface area (Å²) in [5.74, 6) is 0.554. The van der Waals surface area contributed by atoms with Crippen molar-refractivity contribution in [3.8, 4) is 6.07 Å². The van der Waals surface area contributed by atoms with Crippen LogP contribution in [0.5, 0.6) is 0 Å². The Balaban J connectivity index is 1.94. The van der Waals surface area contributed by atoms with Crippen molar-refractivity contribution >= 4 is 0 Å². The lowest BCUT2D eigenvalue weighted by molar-refractivity contribution is 0.103. The number of likely N-dealkylation sites (N-methyl/N-ethyl adjacent to an activating group) is 1. The van der Waals surface area contributed by atoms with E-state index in [9.17, 15) is 5.26 Å². The summed E-state index contributed by atoms with van der Waals surface area (Å²) in [6.07, 6.45) is 7.91.